The second kappa shape index (κ2) is 6.56. The topological polar surface area (TPSA) is 80.1 Å². The molecule has 0 radical (unpaired) electrons. The predicted octanol–water partition coefficient (Wildman–Crippen LogP) is 3.88. The number of hydrogen-bond acceptors (Lipinski definition) is 4. The van der Waals surface area contributed by atoms with Gasteiger partial charge in [-0.25, -0.2) is 4.68 Å². The van der Waals surface area contributed by atoms with Crippen molar-refractivity contribution in [2.24, 2.45) is 5.92 Å². The Bertz CT molecular complexity index is 1190. The first-order chi connectivity index (χ1) is 13.7. The Balaban J connectivity index is 1.49. The molecule has 1 saturated carbocycles. The van der Waals surface area contributed by atoms with Gasteiger partial charge in [0.05, 0.1) is 12.1 Å². The van der Waals surface area contributed by atoms with Crippen LogP contribution in [0.5, 0.6) is 11.5 Å². The van der Waals surface area contributed by atoms with E-state index in [-0.39, 0.29) is 11.4 Å². The molecule has 2 aromatic carbocycles. The van der Waals surface area contributed by atoms with Gasteiger partial charge in [-0.1, -0.05) is 18.2 Å². The molecule has 140 valence electrons. The molecule has 2 aromatic heterocycles. The van der Waals surface area contributed by atoms with Crippen LogP contribution in [-0.2, 0) is 0 Å². The highest BCUT2D eigenvalue weighted by Gasteiger charge is 2.21. The molecule has 0 spiro atoms. The van der Waals surface area contributed by atoms with E-state index >= 15 is 0 Å². The van der Waals surface area contributed by atoms with Crippen molar-refractivity contribution in [2.45, 2.75) is 12.8 Å². The van der Waals surface area contributed by atoms with Gasteiger partial charge < -0.3 is 14.8 Å². The first-order valence-corrected chi connectivity index (χ1v) is 9.31. The predicted molar refractivity (Wildman–Crippen MR) is 107 cm³/mol. The summed E-state index contributed by atoms with van der Waals surface area (Å²) in [5, 5.41) is 15.2. The third-order valence-electron chi connectivity index (χ3n) is 5.07. The minimum absolute atomic E-state index is 0.0853. The van der Waals surface area contributed by atoms with Crippen molar-refractivity contribution in [3.05, 3.63) is 71.3 Å². The highest BCUT2D eigenvalue weighted by Crippen LogP contribution is 2.32. The van der Waals surface area contributed by atoms with Crippen LogP contribution in [0.25, 0.3) is 27.7 Å². The number of aromatic amines is 1. The normalized spacial score (nSPS) is 13.7. The van der Waals surface area contributed by atoms with Crippen molar-refractivity contribution in [1.82, 2.24) is 14.8 Å². The second-order valence-corrected chi connectivity index (χ2v) is 7.14. The zero-order chi connectivity index (χ0) is 19.1. The maximum Gasteiger partial charge on any atom is 0.278 e. The number of hydrogen-bond donors (Lipinski definition) is 2. The monoisotopic (exact) mass is 373 g/mol. The molecular formula is C22H19N3O3. The number of nitrogens with one attached hydrogen (secondary N) is 1. The first kappa shape index (κ1) is 16.6. The van der Waals surface area contributed by atoms with Crippen LogP contribution in [0.2, 0.25) is 0 Å². The molecule has 0 unspecified atom stereocenters. The minimum Gasteiger partial charge on any atom is -0.505 e. The van der Waals surface area contributed by atoms with Crippen molar-refractivity contribution in [3.63, 3.8) is 0 Å². The van der Waals surface area contributed by atoms with Gasteiger partial charge >= 0.3 is 0 Å². The lowest BCUT2D eigenvalue weighted by molar-refractivity contribution is 0.300. The van der Waals surface area contributed by atoms with Gasteiger partial charge in [-0.3, -0.25) is 4.79 Å². The Labute approximate surface area is 161 Å². The fraction of sp³-hybridized carbons (Fsp3) is 0.182. The molecule has 5 rings (SSSR count). The Hall–Kier alpha value is -3.54. The second-order valence-electron chi connectivity index (χ2n) is 7.14. The highest BCUT2D eigenvalue weighted by molar-refractivity contribution is 5.91. The Morgan fingerprint density at radius 1 is 1.14 bits per heavy atom. The molecule has 0 bridgehead atoms. The Morgan fingerprint density at radius 3 is 2.64 bits per heavy atom. The van der Waals surface area contributed by atoms with Gasteiger partial charge in [-0.15, -0.1) is 0 Å². The average Bonchev–Trinajstić information content (AvgIpc) is 3.39. The molecular weight excluding hydrogens is 354 g/mol. The van der Waals surface area contributed by atoms with Crippen LogP contribution in [-0.4, -0.2) is 26.5 Å². The van der Waals surface area contributed by atoms with E-state index in [0.717, 1.165) is 29.4 Å². The van der Waals surface area contributed by atoms with Gasteiger partial charge in [0.2, 0.25) is 0 Å². The molecule has 0 amide bonds. The lowest BCUT2D eigenvalue weighted by Gasteiger charge is -2.10. The summed E-state index contributed by atoms with van der Waals surface area (Å²) in [4.78, 5) is 15.3. The summed E-state index contributed by atoms with van der Waals surface area (Å²) in [6.07, 6.45) is 5.71. The Kier molecular flexibility index (Phi) is 3.90. The number of nitrogens with zero attached hydrogens (tertiary/aromatic N) is 2. The van der Waals surface area contributed by atoms with Crippen LogP contribution in [0.3, 0.4) is 0 Å². The van der Waals surface area contributed by atoms with Crippen LogP contribution in [0.1, 0.15) is 12.8 Å². The maximum atomic E-state index is 12.5. The third-order valence-corrected chi connectivity index (χ3v) is 5.07. The van der Waals surface area contributed by atoms with E-state index in [9.17, 15) is 9.90 Å². The van der Waals surface area contributed by atoms with Crippen molar-refractivity contribution < 1.29 is 9.84 Å². The number of ether oxygens (including phenoxy) is 1. The van der Waals surface area contributed by atoms with Crippen LogP contribution in [0.4, 0.5) is 0 Å². The van der Waals surface area contributed by atoms with E-state index in [2.05, 4.69) is 10.1 Å². The minimum atomic E-state index is -0.394. The average molecular weight is 373 g/mol. The number of aromatic nitrogens is 3. The molecule has 28 heavy (non-hydrogen) atoms. The van der Waals surface area contributed by atoms with Crippen LogP contribution in [0, 0.1) is 5.92 Å². The third kappa shape index (κ3) is 3.03. The van der Waals surface area contributed by atoms with E-state index in [1.54, 1.807) is 24.5 Å². The number of benzene rings is 2. The summed E-state index contributed by atoms with van der Waals surface area (Å²) in [6.45, 7) is 0.786. The number of fused-ring (bicyclic) bond motifs is 1. The molecule has 1 aliphatic rings. The van der Waals surface area contributed by atoms with Crippen molar-refractivity contribution >= 4 is 10.9 Å². The van der Waals surface area contributed by atoms with Crippen molar-refractivity contribution in [1.29, 1.82) is 0 Å². The smallest absolute Gasteiger partial charge is 0.278 e. The number of pyridine rings is 1. The van der Waals surface area contributed by atoms with Gasteiger partial charge in [0.15, 0.2) is 11.4 Å². The largest absolute Gasteiger partial charge is 0.505 e. The lowest BCUT2D eigenvalue weighted by Crippen LogP contribution is -2.15. The fourth-order valence-electron chi connectivity index (χ4n) is 3.31. The molecule has 2 heterocycles. The molecule has 1 fully saturated rings. The SMILES string of the molecule is O=c1[nH]c2cc(-c3ccc(OCC4CC4)cc3)ccc2c(O)c1-n1cccn1. The van der Waals surface area contributed by atoms with Gasteiger partial charge in [-0.2, -0.15) is 5.10 Å². The van der Waals surface area contributed by atoms with Gasteiger partial charge in [0, 0.05) is 17.8 Å². The molecule has 6 nitrogen and oxygen atoms in total. The van der Waals surface area contributed by atoms with Gasteiger partial charge in [0.25, 0.3) is 5.56 Å². The lowest BCUT2D eigenvalue weighted by atomic mass is 10.0. The summed E-state index contributed by atoms with van der Waals surface area (Å²) in [6, 6.07) is 15.2. The maximum absolute atomic E-state index is 12.5. The number of rotatable bonds is 5. The summed E-state index contributed by atoms with van der Waals surface area (Å²) < 4.78 is 7.15. The summed E-state index contributed by atoms with van der Waals surface area (Å²) in [7, 11) is 0. The standard InChI is InChI=1S/C22H19N3O3/c26-21-18-9-6-16(15-4-7-17(8-5-15)28-13-14-2-3-14)12-19(18)24-22(27)20(21)25-11-1-10-23-25/h1,4-12,14H,2-3,13H2,(H2,24,26,27). The quantitative estimate of drug-likeness (QED) is 0.556. The summed E-state index contributed by atoms with van der Waals surface area (Å²) in [5.41, 5.74) is 2.25. The highest BCUT2D eigenvalue weighted by atomic mass is 16.5. The molecule has 0 saturated heterocycles. The fourth-order valence-corrected chi connectivity index (χ4v) is 3.31. The van der Waals surface area contributed by atoms with E-state index in [1.165, 1.54) is 17.5 Å². The zero-order valence-corrected chi connectivity index (χ0v) is 15.1. The van der Waals surface area contributed by atoms with E-state index in [0.29, 0.717) is 10.9 Å². The number of aromatic hydroxyl groups is 1. The number of H-pyrrole nitrogens is 1. The molecule has 0 aliphatic heterocycles. The van der Waals surface area contributed by atoms with Crippen molar-refractivity contribution in [3.8, 4) is 28.3 Å². The molecule has 6 heteroatoms. The van der Waals surface area contributed by atoms with Crippen LogP contribution >= 0.6 is 0 Å². The van der Waals surface area contributed by atoms with Crippen molar-refractivity contribution in [2.75, 3.05) is 6.61 Å². The van der Waals surface area contributed by atoms with Gasteiger partial charge in [0.1, 0.15) is 5.75 Å². The molecule has 2 N–H and O–H groups in total. The zero-order valence-electron chi connectivity index (χ0n) is 15.1. The summed E-state index contributed by atoms with van der Waals surface area (Å²) >= 11 is 0. The Morgan fingerprint density at radius 2 is 1.93 bits per heavy atom. The van der Waals surface area contributed by atoms with Crippen LogP contribution < -0.4 is 10.3 Å². The molecule has 1 aliphatic carbocycles. The molecule has 4 aromatic rings. The first-order valence-electron chi connectivity index (χ1n) is 9.31. The van der Waals surface area contributed by atoms with E-state index in [4.69, 9.17) is 4.74 Å². The summed E-state index contributed by atoms with van der Waals surface area (Å²) in [5.74, 6) is 1.50. The van der Waals surface area contributed by atoms with Crippen LogP contribution in [0.15, 0.2) is 65.7 Å². The molecule has 0 atom stereocenters. The van der Waals surface area contributed by atoms with E-state index < -0.39 is 5.56 Å². The van der Waals surface area contributed by atoms with E-state index in [1.807, 2.05) is 36.4 Å². The van der Waals surface area contributed by atoms with Gasteiger partial charge in [-0.05, 0) is 60.2 Å².